The number of nitrogens with zero attached hydrogens (tertiary/aromatic N) is 1. The standard InChI is InChI=1S/C8H10N2O3/c1-4(11)5-2-3-10-7(9)6(5)8(12)13/h2-4,11H,1H3,(H2,9,10)(H,12,13). The Morgan fingerprint density at radius 3 is 2.69 bits per heavy atom. The number of aliphatic hydroxyl groups excluding tert-OH is 1. The van der Waals surface area contributed by atoms with Crippen LogP contribution in [0.1, 0.15) is 28.9 Å². The first-order chi connectivity index (χ1) is 6.04. The Morgan fingerprint density at radius 2 is 2.31 bits per heavy atom. The number of pyridine rings is 1. The highest BCUT2D eigenvalue weighted by molar-refractivity contribution is 5.94. The SMILES string of the molecule is CC(O)c1ccnc(N)c1C(=O)O. The van der Waals surface area contributed by atoms with Crippen LogP contribution >= 0.6 is 0 Å². The van der Waals surface area contributed by atoms with Crippen LogP contribution in [0.5, 0.6) is 0 Å². The third-order valence-electron chi connectivity index (χ3n) is 1.68. The maximum atomic E-state index is 10.7. The van der Waals surface area contributed by atoms with Crippen LogP contribution in [-0.2, 0) is 0 Å². The van der Waals surface area contributed by atoms with E-state index in [-0.39, 0.29) is 16.9 Å². The molecule has 0 radical (unpaired) electrons. The zero-order valence-electron chi connectivity index (χ0n) is 7.06. The van der Waals surface area contributed by atoms with Crippen LogP contribution < -0.4 is 5.73 Å². The fraction of sp³-hybridized carbons (Fsp3) is 0.250. The zero-order chi connectivity index (χ0) is 10.0. The number of carboxylic acid groups (broad SMARTS) is 1. The van der Waals surface area contributed by atoms with Crippen molar-refractivity contribution in [2.24, 2.45) is 0 Å². The molecule has 0 amide bonds. The van der Waals surface area contributed by atoms with Crippen molar-refractivity contribution in [3.63, 3.8) is 0 Å². The van der Waals surface area contributed by atoms with Crippen molar-refractivity contribution in [1.82, 2.24) is 4.98 Å². The molecule has 0 aliphatic carbocycles. The van der Waals surface area contributed by atoms with Gasteiger partial charge in [0.05, 0.1) is 6.10 Å². The summed E-state index contributed by atoms with van der Waals surface area (Å²) in [4.78, 5) is 14.3. The van der Waals surface area contributed by atoms with E-state index in [1.807, 2.05) is 0 Å². The quantitative estimate of drug-likeness (QED) is 0.615. The van der Waals surface area contributed by atoms with E-state index in [0.29, 0.717) is 0 Å². The third kappa shape index (κ3) is 1.75. The van der Waals surface area contributed by atoms with Crippen molar-refractivity contribution in [3.05, 3.63) is 23.4 Å². The van der Waals surface area contributed by atoms with Gasteiger partial charge in [0.1, 0.15) is 11.4 Å². The predicted octanol–water partition coefficient (Wildman–Crippen LogP) is 0.415. The van der Waals surface area contributed by atoms with Crippen LogP contribution in [0.2, 0.25) is 0 Å². The van der Waals surface area contributed by atoms with Gasteiger partial charge in [0.25, 0.3) is 0 Å². The Morgan fingerprint density at radius 1 is 1.69 bits per heavy atom. The highest BCUT2D eigenvalue weighted by Gasteiger charge is 2.17. The number of aromatic carboxylic acids is 1. The van der Waals surface area contributed by atoms with Crippen molar-refractivity contribution in [1.29, 1.82) is 0 Å². The molecule has 0 saturated carbocycles. The number of nitrogens with two attached hydrogens (primary N) is 1. The van der Waals surface area contributed by atoms with Crippen molar-refractivity contribution in [3.8, 4) is 0 Å². The van der Waals surface area contributed by atoms with Crippen molar-refractivity contribution >= 4 is 11.8 Å². The molecule has 0 aliphatic heterocycles. The molecule has 4 N–H and O–H groups in total. The van der Waals surface area contributed by atoms with Crippen LogP contribution in [0.25, 0.3) is 0 Å². The lowest BCUT2D eigenvalue weighted by molar-refractivity contribution is 0.0691. The summed E-state index contributed by atoms with van der Waals surface area (Å²) in [6.45, 7) is 1.47. The second-order valence-electron chi connectivity index (χ2n) is 2.64. The number of hydrogen-bond donors (Lipinski definition) is 3. The van der Waals surface area contributed by atoms with E-state index in [0.717, 1.165) is 0 Å². The van der Waals surface area contributed by atoms with E-state index < -0.39 is 12.1 Å². The minimum absolute atomic E-state index is 0.0779. The molecule has 0 spiro atoms. The number of rotatable bonds is 2. The van der Waals surface area contributed by atoms with Gasteiger partial charge in [0, 0.05) is 6.20 Å². The smallest absolute Gasteiger partial charge is 0.339 e. The molecule has 0 aromatic carbocycles. The molecule has 1 rings (SSSR count). The maximum Gasteiger partial charge on any atom is 0.339 e. The Labute approximate surface area is 74.8 Å². The van der Waals surface area contributed by atoms with Crippen LogP contribution in [-0.4, -0.2) is 21.2 Å². The minimum Gasteiger partial charge on any atom is -0.478 e. The van der Waals surface area contributed by atoms with E-state index in [1.54, 1.807) is 0 Å². The summed E-state index contributed by atoms with van der Waals surface area (Å²) in [6, 6.07) is 1.44. The molecule has 1 aromatic heterocycles. The molecule has 0 bridgehead atoms. The second kappa shape index (κ2) is 3.40. The topological polar surface area (TPSA) is 96.4 Å². The van der Waals surface area contributed by atoms with Gasteiger partial charge in [-0.25, -0.2) is 9.78 Å². The summed E-state index contributed by atoms with van der Waals surface area (Å²) < 4.78 is 0. The van der Waals surface area contributed by atoms with E-state index in [2.05, 4.69) is 4.98 Å². The normalized spacial score (nSPS) is 12.5. The van der Waals surface area contributed by atoms with E-state index in [1.165, 1.54) is 19.2 Å². The van der Waals surface area contributed by atoms with Crippen LogP contribution in [0, 0.1) is 0 Å². The number of nitrogen functional groups attached to an aromatic ring is 1. The van der Waals surface area contributed by atoms with Gasteiger partial charge < -0.3 is 15.9 Å². The van der Waals surface area contributed by atoms with Crippen molar-refractivity contribution < 1.29 is 15.0 Å². The lowest BCUT2D eigenvalue weighted by Crippen LogP contribution is -2.10. The molecular formula is C8H10N2O3. The highest BCUT2D eigenvalue weighted by atomic mass is 16.4. The van der Waals surface area contributed by atoms with Crippen molar-refractivity contribution in [2.45, 2.75) is 13.0 Å². The summed E-state index contributed by atoms with van der Waals surface area (Å²) in [6.07, 6.45) is 0.500. The molecule has 13 heavy (non-hydrogen) atoms. The van der Waals surface area contributed by atoms with Crippen LogP contribution in [0.15, 0.2) is 12.3 Å². The van der Waals surface area contributed by atoms with Crippen LogP contribution in [0.4, 0.5) is 5.82 Å². The molecule has 70 valence electrons. The number of aliphatic hydroxyl groups is 1. The number of anilines is 1. The number of carboxylic acids is 1. The molecule has 0 fully saturated rings. The third-order valence-corrected chi connectivity index (χ3v) is 1.68. The average molecular weight is 182 g/mol. The number of carbonyl (C=O) groups is 1. The molecule has 0 saturated heterocycles. The molecule has 1 unspecified atom stereocenters. The van der Waals surface area contributed by atoms with E-state index >= 15 is 0 Å². The Kier molecular flexibility index (Phi) is 2.48. The number of hydrogen-bond acceptors (Lipinski definition) is 4. The van der Waals surface area contributed by atoms with Gasteiger partial charge in [-0.2, -0.15) is 0 Å². The lowest BCUT2D eigenvalue weighted by atomic mass is 10.1. The summed E-state index contributed by atoms with van der Waals surface area (Å²) in [7, 11) is 0. The fourth-order valence-corrected chi connectivity index (χ4v) is 1.07. The highest BCUT2D eigenvalue weighted by Crippen LogP contribution is 2.20. The second-order valence-corrected chi connectivity index (χ2v) is 2.64. The van der Waals surface area contributed by atoms with Gasteiger partial charge in [0.15, 0.2) is 0 Å². The predicted molar refractivity (Wildman–Crippen MR) is 46.2 cm³/mol. The molecular weight excluding hydrogens is 172 g/mol. The number of aromatic nitrogens is 1. The summed E-state index contributed by atoms with van der Waals surface area (Å²) in [5.41, 5.74) is 5.51. The summed E-state index contributed by atoms with van der Waals surface area (Å²) in [5.74, 6) is -1.26. The minimum atomic E-state index is -1.18. The monoisotopic (exact) mass is 182 g/mol. The van der Waals surface area contributed by atoms with Gasteiger partial charge in [0.2, 0.25) is 0 Å². The molecule has 1 aromatic rings. The lowest BCUT2D eigenvalue weighted by Gasteiger charge is -2.09. The van der Waals surface area contributed by atoms with Gasteiger partial charge >= 0.3 is 5.97 Å². The molecule has 5 heteroatoms. The van der Waals surface area contributed by atoms with Gasteiger partial charge in [-0.3, -0.25) is 0 Å². The van der Waals surface area contributed by atoms with Crippen molar-refractivity contribution in [2.75, 3.05) is 5.73 Å². The first-order valence-corrected chi connectivity index (χ1v) is 3.69. The fourth-order valence-electron chi connectivity index (χ4n) is 1.07. The van der Waals surface area contributed by atoms with Gasteiger partial charge in [-0.1, -0.05) is 0 Å². The van der Waals surface area contributed by atoms with Gasteiger partial charge in [-0.05, 0) is 18.6 Å². The molecule has 0 aliphatic rings. The van der Waals surface area contributed by atoms with E-state index in [4.69, 9.17) is 10.8 Å². The van der Waals surface area contributed by atoms with Gasteiger partial charge in [-0.15, -0.1) is 0 Å². The Balaban J connectivity index is 3.34. The Hall–Kier alpha value is -1.62. The summed E-state index contributed by atoms with van der Waals surface area (Å²) >= 11 is 0. The maximum absolute atomic E-state index is 10.7. The largest absolute Gasteiger partial charge is 0.478 e. The summed E-state index contributed by atoms with van der Waals surface area (Å²) in [5, 5.41) is 18.0. The first-order valence-electron chi connectivity index (χ1n) is 3.69. The molecule has 1 atom stereocenters. The first kappa shape index (κ1) is 9.47. The Bertz CT molecular complexity index is 336. The van der Waals surface area contributed by atoms with E-state index in [9.17, 15) is 9.90 Å². The molecule has 5 nitrogen and oxygen atoms in total. The van der Waals surface area contributed by atoms with Crippen LogP contribution in [0.3, 0.4) is 0 Å². The average Bonchev–Trinajstić information content (AvgIpc) is 2.02. The zero-order valence-corrected chi connectivity index (χ0v) is 7.06. The molecule has 1 heterocycles.